The second-order valence-electron chi connectivity index (χ2n) is 5.22. The van der Waals surface area contributed by atoms with E-state index in [0.717, 1.165) is 51.9 Å². The van der Waals surface area contributed by atoms with Crippen LogP contribution in [0.5, 0.6) is 0 Å². The largest absolute Gasteiger partial charge is 0.396 e. The van der Waals surface area contributed by atoms with Gasteiger partial charge in [-0.05, 0) is 31.2 Å². The second kappa shape index (κ2) is 8.31. The molecule has 1 aromatic carbocycles. The fourth-order valence-electron chi connectivity index (χ4n) is 2.58. The van der Waals surface area contributed by atoms with Crippen LogP contribution in [0.1, 0.15) is 24.8 Å². The van der Waals surface area contributed by atoms with Crippen molar-refractivity contribution in [3.05, 3.63) is 35.9 Å². The molecule has 0 unspecified atom stereocenters. The van der Waals surface area contributed by atoms with Gasteiger partial charge in [0.15, 0.2) is 0 Å². The van der Waals surface area contributed by atoms with Gasteiger partial charge < -0.3 is 14.7 Å². The minimum absolute atomic E-state index is 0.299. The number of benzene rings is 1. The summed E-state index contributed by atoms with van der Waals surface area (Å²) in [4.78, 5) is 2.42. The van der Waals surface area contributed by atoms with Crippen LogP contribution in [0.4, 0.5) is 0 Å². The molecular formula is C16H25NO2. The Hall–Kier alpha value is -0.900. The Morgan fingerprint density at radius 2 is 1.89 bits per heavy atom. The zero-order valence-electron chi connectivity index (χ0n) is 11.6. The molecule has 1 N–H and O–H groups in total. The summed E-state index contributed by atoms with van der Waals surface area (Å²) in [6.45, 7) is 4.36. The van der Waals surface area contributed by atoms with Gasteiger partial charge in [0, 0.05) is 26.2 Å². The number of likely N-dealkylation sites (tertiary alicyclic amines) is 1. The van der Waals surface area contributed by atoms with Gasteiger partial charge in [0.2, 0.25) is 0 Å². The van der Waals surface area contributed by atoms with E-state index in [-0.39, 0.29) is 0 Å². The lowest BCUT2D eigenvalue weighted by atomic mass is 10.1. The van der Waals surface area contributed by atoms with Gasteiger partial charge in [0.05, 0.1) is 12.7 Å². The predicted molar refractivity (Wildman–Crippen MR) is 77.3 cm³/mol. The van der Waals surface area contributed by atoms with Crippen molar-refractivity contribution in [1.29, 1.82) is 0 Å². The minimum atomic E-state index is 0.299. The van der Waals surface area contributed by atoms with Crippen LogP contribution in [0.25, 0.3) is 0 Å². The summed E-state index contributed by atoms with van der Waals surface area (Å²) in [7, 11) is 0. The Balaban J connectivity index is 1.58. The Kier molecular flexibility index (Phi) is 6.34. The van der Waals surface area contributed by atoms with Crippen LogP contribution < -0.4 is 0 Å². The van der Waals surface area contributed by atoms with Crippen LogP contribution in [0, 0.1) is 0 Å². The molecule has 0 amide bonds. The first-order chi connectivity index (χ1) is 9.38. The molecule has 19 heavy (non-hydrogen) atoms. The van der Waals surface area contributed by atoms with Crippen LogP contribution in [0.3, 0.4) is 0 Å². The van der Waals surface area contributed by atoms with Crippen molar-refractivity contribution in [3.8, 4) is 0 Å². The standard InChI is InChI=1S/C16H25NO2/c18-13-4-10-17-11-7-16(8-12-17)19-14-9-15-5-2-1-3-6-15/h1-3,5-6,16,18H,4,7-14H2. The van der Waals surface area contributed by atoms with Crippen molar-refractivity contribution in [2.75, 3.05) is 32.8 Å². The molecule has 0 aliphatic carbocycles. The quantitative estimate of drug-likeness (QED) is 0.817. The number of nitrogens with zero attached hydrogens (tertiary/aromatic N) is 1. The van der Waals surface area contributed by atoms with E-state index in [1.54, 1.807) is 0 Å². The average molecular weight is 263 g/mol. The van der Waals surface area contributed by atoms with Gasteiger partial charge in [0.25, 0.3) is 0 Å². The number of ether oxygens (including phenoxy) is 1. The van der Waals surface area contributed by atoms with Crippen molar-refractivity contribution in [3.63, 3.8) is 0 Å². The molecule has 0 radical (unpaired) electrons. The molecule has 1 heterocycles. The van der Waals surface area contributed by atoms with Crippen molar-refractivity contribution in [1.82, 2.24) is 4.90 Å². The average Bonchev–Trinajstić information content (AvgIpc) is 2.47. The third kappa shape index (κ3) is 5.31. The summed E-state index contributed by atoms with van der Waals surface area (Å²) >= 11 is 0. The monoisotopic (exact) mass is 263 g/mol. The fraction of sp³-hybridized carbons (Fsp3) is 0.625. The SMILES string of the molecule is OCCCN1CCC(OCCc2ccccc2)CC1. The van der Waals surface area contributed by atoms with Crippen molar-refractivity contribution < 1.29 is 9.84 Å². The van der Waals surface area contributed by atoms with Gasteiger partial charge in [0.1, 0.15) is 0 Å². The molecule has 0 bridgehead atoms. The molecule has 0 saturated carbocycles. The van der Waals surface area contributed by atoms with Crippen molar-refractivity contribution >= 4 is 0 Å². The van der Waals surface area contributed by atoms with E-state index in [2.05, 4.69) is 29.2 Å². The molecule has 1 aliphatic rings. The summed E-state index contributed by atoms with van der Waals surface area (Å²) < 4.78 is 5.96. The molecular weight excluding hydrogens is 238 g/mol. The maximum atomic E-state index is 8.82. The van der Waals surface area contributed by atoms with E-state index in [4.69, 9.17) is 9.84 Å². The highest BCUT2D eigenvalue weighted by Gasteiger charge is 2.18. The molecule has 1 aliphatic heterocycles. The first-order valence-corrected chi connectivity index (χ1v) is 7.37. The lowest BCUT2D eigenvalue weighted by molar-refractivity contribution is 0.00818. The van der Waals surface area contributed by atoms with E-state index in [1.165, 1.54) is 5.56 Å². The third-order valence-corrected chi connectivity index (χ3v) is 3.75. The summed E-state index contributed by atoms with van der Waals surface area (Å²) in [5.74, 6) is 0. The molecule has 1 aromatic rings. The second-order valence-corrected chi connectivity index (χ2v) is 5.22. The number of hydrogen-bond acceptors (Lipinski definition) is 3. The minimum Gasteiger partial charge on any atom is -0.396 e. The Morgan fingerprint density at radius 3 is 2.58 bits per heavy atom. The van der Waals surface area contributed by atoms with Crippen LogP contribution in [0.15, 0.2) is 30.3 Å². The maximum absolute atomic E-state index is 8.82. The molecule has 3 nitrogen and oxygen atoms in total. The molecule has 0 spiro atoms. The van der Waals surface area contributed by atoms with Crippen LogP contribution in [-0.2, 0) is 11.2 Å². The van der Waals surface area contributed by atoms with E-state index in [0.29, 0.717) is 12.7 Å². The number of aliphatic hydroxyl groups excluding tert-OH is 1. The molecule has 1 saturated heterocycles. The summed E-state index contributed by atoms with van der Waals surface area (Å²) in [6.07, 6.45) is 4.57. The third-order valence-electron chi connectivity index (χ3n) is 3.75. The molecule has 106 valence electrons. The van der Waals surface area contributed by atoms with E-state index < -0.39 is 0 Å². The van der Waals surface area contributed by atoms with Gasteiger partial charge >= 0.3 is 0 Å². The van der Waals surface area contributed by atoms with Gasteiger partial charge in [-0.2, -0.15) is 0 Å². The van der Waals surface area contributed by atoms with Crippen molar-refractivity contribution in [2.45, 2.75) is 31.8 Å². The molecule has 0 aromatic heterocycles. The molecule has 2 rings (SSSR count). The maximum Gasteiger partial charge on any atom is 0.0599 e. The normalized spacial score (nSPS) is 17.7. The van der Waals surface area contributed by atoms with E-state index in [9.17, 15) is 0 Å². The van der Waals surface area contributed by atoms with Crippen LogP contribution in [0.2, 0.25) is 0 Å². The topological polar surface area (TPSA) is 32.7 Å². The molecule has 0 atom stereocenters. The van der Waals surface area contributed by atoms with E-state index >= 15 is 0 Å². The summed E-state index contributed by atoms with van der Waals surface area (Å²) in [5.41, 5.74) is 1.35. The Labute approximate surface area is 116 Å². The van der Waals surface area contributed by atoms with Gasteiger partial charge in [-0.3, -0.25) is 0 Å². The Bertz CT molecular complexity index is 334. The number of rotatable bonds is 7. The van der Waals surface area contributed by atoms with Gasteiger partial charge in [-0.25, -0.2) is 0 Å². The molecule has 1 fully saturated rings. The fourth-order valence-corrected chi connectivity index (χ4v) is 2.58. The lowest BCUT2D eigenvalue weighted by Crippen LogP contribution is -2.38. The highest BCUT2D eigenvalue weighted by molar-refractivity contribution is 5.14. The zero-order valence-corrected chi connectivity index (χ0v) is 11.6. The van der Waals surface area contributed by atoms with Crippen LogP contribution in [-0.4, -0.2) is 49.0 Å². The lowest BCUT2D eigenvalue weighted by Gasteiger charge is -2.31. The molecule has 3 heteroatoms. The Morgan fingerprint density at radius 1 is 1.16 bits per heavy atom. The smallest absolute Gasteiger partial charge is 0.0599 e. The first-order valence-electron chi connectivity index (χ1n) is 7.37. The number of piperidine rings is 1. The first kappa shape index (κ1) is 14.5. The highest BCUT2D eigenvalue weighted by atomic mass is 16.5. The summed E-state index contributed by atoms with van der Waals surface area (Å²) in [6, 6.07) is 10.5. The highest BCUT2D eigenvalue weighted by Crippen LogP contribution is 2.14. The predicted octanol–water partition coefficient (Wildman–Crippen LogP) is 2.09. The van der Waals surface area contributed by atoms with Crippen LogP contribution >= 0.6 is 0 Å². The van der Waals surface area contributed by atoms with Crippen molar-refractivity contribution in [2.24, 2.45) is 0 Å². The number of hydrogen-bond donors (Lipinski definition) is 1. The van der Waals surface area contributed by atoms with Gasteiger partial charge in [-0.15, -0.1) is 0 Å². The number of aliphatic hydroxyl groups is 1. The summed E-state index contributed by atoms with van der Waals surface area (Å²) in [5, 5.41) is 8.82. The van der Waals surface area contributed by atoms with E-state index in [1.807, 2.05) is 6.07 Å². The zero-order chi connectivity index (χ0) is 13.3. The van der Waals surface area contributed by atoms with Gasteiger partial charge in [-0.1, -0.05) is 30.3 Å².